The maximum Gasteiger partial charge on any atom is 0.234 e. The predicted octanol–water partition coefficient (Wildman–Crippen LogP) is 2.41. The molecular formula is C20H33N3O2. The summed E-state index contributed by atoms with van der Waals surface area (Å²) in [5, 5.41) is 6.24. The van der Waals surface area contributed by atoms with E-state index in [0.29, 0.717) is 13.1 Å². The number of piperidine rings is 1. The minimum Gasteiger partial charge on any atom is -0.491 e. The highest BCUT2D eigenvalue weighted by molar-refractivity contribution is 5.78. The fourth-order valence-corrected chi connectivity index (χ4v) is 3.24. The number of nitrogens with zero attached hydrogens (tertiary/aromatic N) is 1. The first-order valence-electron chi connectivity index (χ1n) is 9.46. The van der Waals surface area contributed by atoms with Gasteiger partial charge in [0.15, 0.2) is 0 Å². The zero-order chi connectivity index (χ0) is 18.1. The number of carbonyl (C=O) groups excluding carboxylic acids is 1. The van der Waals surface area contributed by atoms with E-state index in [0.717, 1.165) is 36.9 Å². The lowest BCUT2D eigenvalue weighted by molar-refractivity contribution is -0.122. The van der Waals surface area contributed by atoms with Crippen molar-refractivity contribution in [1.82, 2.24) is 15.5 Å². The Morgan fingerprint density at radius 1 is 1.32 bits per heavy atom. The second-order valence-electron chi connectivity index (χ2n) is 7.20. The first-order chi connectivity index (χ1) is 12.1. The monoisotopic (exact) mass is 347 g/mol. The van der Waals surface area contributed by atoms with Gasteiger partial charge in [0.2, 0.25) is 5.91 Å². The summed E-state index contributed by atoms with van der Waals surface area (Å²) in [5.41, 5.74) is 1.07. The molecule has 140 valence electrons. The molecule has 0 aromatic heterocycles. The van der Waals surface area contributed by atoms with Crippen molar-refractivity contribution in [3.63, 3.8) is 0 Å². The van der Waals surface area contributed by atoms with Gasteiger partial charge in [-0.05, 0) is 83.4 Å². The average molecular weight is 348 g/mol. The number of nitrogens with one attached hydrogen (secondary N) is 2. The summed E-state index contributed by atoms with van der Waals surface area (Å²) >= 11 is 0. The van der Waals surface area contributed by atoms with Gasteiger partial charge in [0, 0.05) is 6.54 Å². The van der Waals surface area contributed by atoms with Crippen molar-refractivity contribution in [1.29, 1.82) is 0 Å². The second kappa shape index (κ2) is 10.4. The van der Waals surface area contributed by atoms with Crippen LogP contribution in [0.4, 0.5) is 0 Å². The number of hydrogen-bond acceptors (Lipinski definition) is 4. The van der Waals surface area contributed by atoms with Gasteiger partial charge in [0.05, 0.1) is 12.6 Å². The smallest absolute Gasteiger partial charge is 0.234 e. The average Bonchev–Trinajstić information content (AvgIpc) is 2.59. The largest absolute Gasteiger partial charge is 0.491 e. The van der Waals surface area contributed by atoms with Crippen molar-refractivity contribution in [2.24, 2.45) is 5.92 Å². The molecular weight excluding hydrogens is 314 g/mol. The molecule has 0 saturated carbocycles. The molecule has 1 aliphatic rings. The Morgan fingerprint density at radius 2 is 2.08 bits per heavy atom. The topological polar surface area (TPSA) is 53.6 Å². The fraction of sp³-hybridized carbons (Fsp3) is 0.650. The van der Waals surface area contributed by atoms with Gasteiger partial charge in [-0.1, -0.05) is 12.1 Å². The van der Waals surface area contributed by atoms with Crippen LogP contribution in [0.15, 0.2) is 24.3 Å². The zero-order valence-electron chi connectivity index (χ0n) is 15.9. The zero-order valence-corrected chi connectivity index (χ0v) is 15.9. The minimum absolute atomic E-state index is 0.101. The van der Waals surface area contributed by atoms with E-state index in [1.54, 1.807) is 0 Å². The van der Waals surface area contributed by atoms with Crippen LogP contribution in [0.3, 0.4) is 0 Å². The number of amides is 1. The molecule has 0 spiro atoms. The summed E-state index contributed by atoms with van der Waals surface area (Å²) in [6.07, 6.45) is 3.79. The number of hydrogen-bond donors (Lipinski definition) is 2. The van der Waals surface area contributed by atoms with Gasteiger partial charge in [-0.3, -0.25) is 9.69 Å². The Morgan fingerprint density at radius 3 is 2.76 bits per heavy atom. The van der Waals surface area contributed by atoms with Crippen LogP contribution >= 0.6 is 0 Å². The van der Waals surface area contributed by atoms with Crippen LogP contribution in [0.5, 0.6) is 5.75 Å². The number of rotatable bonds is 9. The minimum atomic E-state index is 0.101. The van der Waals surface area contributed by atoms with Gasteiger partial charge in [-0.2, -0.15) is 0 Å². The van der Waals surface area contributed by atoms with Crippen molar-refractivity contribution in [3.8, 4) is 5.75 Å². The van der Waals surface area contributed by atoms with E-state index in [4.69, 9.17) is 4.74 Å². The van der Waals surface area contributed by atoms with E-state index in [-0.39, 0.29) is 12.0 Å². The molecule has 2 N–H and O–H groups in total. The van der Waals surface area contributed by atoms with Crippen LogP contribution < -0.4 is 15.4 Å². The SMILES string of the molecule is CNCCC1CCN(CC(=O)NCc2cccc(OC(C)C)c2)CC1. The summed E-state index contributed by atoms with van der Waals surface area (Å²) in [7, 11) is 2.00. The summed E-state index contributed by atoms with van der Waals surface area (Å²) in [6, 6.07) is 7.92. The van der Waals surface area contributed by atoms with Crippen molar-refractivity contribution >= 4 is 5.91 Å². The Hall–Kier alpha value is -1.59. The van der Waals surface area contributed by atoms with Gasteiger partial charge in [-0.15, -0.1) is 0 Å². The van der Waals surface area contributed by atoms with Crippen LogP contribution in [-0.4, -0.2) is 50.1 Å². The molecule has 0 radical (unpaired) electrons. The molecule has 0 bridgehead atoms. The standard InChI is InChI=1S/C20H33N3O2/c1-16(2)25-19-6-4-5-18(13-19)14-22-20(24)15-23-11-8-17(9-12-23)7-10-21-3/h4-6,13,16-17,21H,7-12,14-15H2,1-3H3,(H,22,24). The van der Waals surface area contributed by atoms with Gasteiger partial charge in [-0.25, -0.2) is 0 Å². The number of likely N-dealkylation sites (tertiary alicyclic amines) is 1. The molecule has 1 aromatic carbocycles. The molecule has 0 aliphatic carbocycles. The third-order valence-electron chi connectivity index (χ3n) is 4.64. The van der Waals surface area contributed by atoms with Crippen LogP contribution in [0.25, 0.3) is 0 Å². The highest BCUT2D eigenvalue weighted by Gasteiger charge is 2.20. The molecule has 1 heterocycles. The first kappa shape index (κ1) is 19.7. The first-order valence-corrected chi connectivity index (χ1v) is 9.46. The van der Waals surface area contributed by atoms with E-state index in [9.17, 15) is 4.79 Å². The summed E-state index contributed by atoms with van der Waals surface area (Å²) in [4.78, 5) is 14.5. The molecule has 0 atom stereocenters. The molecule has 1 saturated heterocycles. The third kappa shape index (κ3) is 7.45. The van der Waals surface area contributed by atoms with Crippen LogP contribution in [-0.2, 0) is 11.3 Å². The maximum atomic E-state index is 12.2. The van der Waals surface area contributed by atoms with Gasteiger partial charge < -0.3 is 15.4 Å². The van der Waals surface area contributed by atoms with E-state index in [1.165, 1.54) is 19.3 Å². The lowest BCUT2D eigenvalue weighted by atomic mass is 9.93. The Bertz CT molecular complexity index is 525. The number of ether oxygens (including phenoxy) is 1. The molecule has 2 rings (SSSR count). The molecule has 0 unspecified atom stereocenters. The molecule has 5 heteroatoms. The van der Waals surface area contributed by atoms with Crippen LogP contribution in [0.2, 0.25) is 0 Å². The summed E-state index contributed by atoms with van der Waals surface area (Å²) < 4.78 is 5.70. The Labute approximate surface area is 152 Å². The summed E-state index contributed by atoms with van der Waals surface area (Å²) in [5.74, 6) is 1.75. The highest BCUT2D eigenvalue weighted by Crippen LogP contribution is 2.19. The van der Waals surface area contributed by atoms with E-state index in [2.05, 4.69) is 15.5 Å². The molecule has 25 heavy (non-hydrogen) atoms. The molecule has 1 amide bonds. The second-order valence-corrected chi connectivity index (χ2v) is 7.20. The molecule has 1 aromatic rings. The third-order valence-corrected chi connectivity index (χ3v) is 4.64. The lowest BCUT2D eigenvalue weighted by Gasteiger charge is -2.31. The van der Waals surface area contributed by atoms with E-state index >= 15 is 0 Å². The van der Waals surface area contributed by atoms with Crippen molar-refractivity contribution in [3.05, 3.63) is 29.8 Å². The molecule has 1 aliphatic heterocycles. The normalized spacial score (nSPS) is 16.2. The number of carbonyl (C=O) groups is 1. The molecule has 1 fully saturated rings. The van der Waals surface area contributed by atoms with Gasteiger partial charge in [0.1, 0.15) is 5.75 Å². The quantitative estimate of drug-likeness (QED) is 0.720. The van der Waals surface area contributed by atoms with E-state index in [1.807, 2.05) is 45.2 Å². The van der Waals surface area contributed by atoms with Crippen molar-refractivity contribution in [2.45, 2.75) is 45.8 Å². The van der Waals surface area contributed by atoms with Gasteiger partial charge in [0.25, 0.3) is 0 Å². The molecule has 5 nitrogen and oxygen atoms in total. The Kier molecular flexibility index (Phi) is 8.22. The fourth-order valence-electron chi connectivity index (χ4n) is 3.24. The predicted molar refractivity (Wildman–Crippen MR) is 102 cm³/mol. The van der Waals surface area contributed by atoms with Crippen molar-refractivity contribution in [2.75, 3.05) is 33.2 Å². The van der Waals surface area contributed by atoms with Crippen molar-refractivity contribution < 1.29 is 9.53 Å². The lowest BCUT2D eigenvalue weighted by Crippen LogP contribution is -2.41. The Balaban J connectivity index is 1.69. The van der Waals surface area contributed by atoms with Crippen LogP contribution in [0.1, 0.15) is 38.7 Å². The highest BCUT2D eigenvalue weighted by atomic mass is 16.5. The van der Waals surface area contributed by atoms with Crippen LogP contribution in [0, 0.1) is 5.92 Å². The van der Waals surface area contributed by atoms with Gasteiger partial charge >= 0.3 is 0 Å². The maximum absolute atomic E-state index is 12.2. The van der Waals surface area contributed by atoms with E-state index < -0.39 is 0 Å². The summed E-state index contributed by atoms with van der Waals surface area (Å²) in [6.45, 7) is 8.21. The number of benzene rings is 1.